The number of benzene rings is 1. The molecule has 0 saturated heterocycles. The van der Waals surface area contributed by atoms with Gasteiger partial charge in [-0.25, -0.2) is 13.8 Å². The number of halogens is 2. The number of hydrogen-bond donors (Lipinski definition) is 1. The lowest BCUT2D eigenvalue weighted by molar-refractivity contribution is 0.565. The molecule has 2 N–H and O–H groups in total. The monoisotopic (exact) mass is 266 g/mol. The van der Waals surface area contributed by atoms with Crippen molar-refractivity contribution in [3.63, 3.8) is 0 Å². The summed E-state index contributed by atoms with van der Waals surface area (Å²) in [5, 5.41) is 0.637. The summed E-state index contributed by atoms with van der Waals surface area (Å²) in [6, 6.07) is 6.92. The summed E-state index contributed by atoms with van der Waals surface area (Å²) in [6.45, 7) is 1.84. The summed E-state index contributed by atoms with van der Waals surface area (Å²) in [4.78, 5) is 4.51. The number of nitrogens with two attached hydrogens (primary N) is 1. The Labute approximate surface area is 108 Å². The molecule has 94 valence electrons. The first-order chi connectivity index (χ1) is 8.58. The molecule has 1 heterocycles. The number of aromatic nitrogens is 1. The summed E-state index contributed by atoms with van der Waals surface area (Å²) in [5.41, 5.74) is 6.66. The molecule has 1 aromatic heterocycles. The SMILES string of the molecule is C[C@@H](N)c1cccnc1Sc1ccc(F)cc1F. The molecule has 0 saturated carbocycles. The molecule has 0 radical (unpaired) electrons. The highest BCUT2D eigenvalue weighted by molar-refractivity contribution is 7.99. The van der Waals surface area contributed by atoms with E-state index in [4.69, 9.17) is 5.73 Å². The van der Waals surface area contributed by atoms with Gasteiger partial charge in [0.05, 0.1) is 0 Å². The maximum absolute atomic E-state index is 13.5. The van der Waals surface area contributed by atoms with Crippen molar-refractivity contribution in [2.24, 2.45) is 5.73 Å². The van der Waals surface area contributed by atoms with Crippen LogP contribution in [0.15, 0.2) is 46.5 Å². The summed E-state index contributed by atoms with van der Waals surface area (Å²) >= 11 is 1.15. The summed E-state index contributed by atoms with van der Waals surface area (Å²) in [7, 11) is 0. The first-order valence-corrected chi connectivity index (χ1v) is 6.23. The molecule has 0 aliphatic rings. The molecule has 0 spiro atoms. The average Bonchev–Trinajstić information content (AvgIpc) is 2.33. The van der Waals surface area contributed by atoms with Crippen molar-refractivity contribution in [3.8, 4) is 0 Å². The quantitative estimate of drug-likeness (QED) is 0.923. The van der Waals surface area contributed by atoms with Gasteiger partial charge in [-0.1, -0.05) is 17.8 Å². The van der Waals surface area contributed by atoms with E-state index >= 15 is 0 Å². The van der Waals surface area contributed by atoms with Crippen LogP contribution in [0.25, 0.3) is 0 Å². The zero-order valence-electron chi connectivity index (χ0n) is 9.73. The largest absolute Gasteiger partial charge is 0.324 e. The van der Waals surface area contributed by atoms with Crippen LogP contribution in [0.4, 0.5) is 8.78 Å². The van der Waals surface area contributed by atoms with Gasteiger partial charge in [0.2, 0.25) is 0 Å². The maximum atomic E-state index is 13.5. The van der Waals surface area contributed by atoms with Crippen LogP contribution in [-0.2, 0) is 0 Å². The van der Waals surface area contributed by atoms with E-state index in [9.17, 15) is 8.78 Å². The summed E-state index contributed by atoms with van der Waals surface area (Å²) < 4.78 is 26.4. The lowest BCUT2D eigenvalue weighted by atomic mass is 10.2. The second-order valence-corrected chi connectivity index (χ2v) is 4.89. The van der Waals surface area contributed by atoms with Crippen molar-refractivity contribution in [1.82, 2.24) is 4.98 Å². The summed E-state index contributed by atoms with van der Waals surface area (Å²) in [6.07, 6.45) is 1.62. The molecule has 5 heteroatoms. The molecule has 2 rings (SSSR count). The molecule has 1 aromatic carbocycles. The van der Waals surface area contributed by atoms with Crippen LogP contribution >= 0.6 is 11.8 Å². The van der Waals surface area contributed by atoms with Gasteiger partial charge in [0.25, 0.3) is 0 Å². The first kappa shape index (κ1) is 13.0. The molecule has 1 atom stereocenters. The Kier molecular flexibility index (Phi) is 3.93. The third-order valence-corrected chi connectivity index (χ3v) is 3.48. The van der Waals surface area contributed by atoms with Crippen LogP contribution in [0, 0.1) is 11.6 Å². The van der Waals surface area contributed by atoms with Crippen molar-refractivity contribution >= 4 is 11.8 Å². The number of rotatable bonds is 3. The lowest BCUT2D eigenvalue weighted by Gasteiger charge is -2.11. The molecule has 0 aliphatic carbocycles. The Bertz CT molecular complexity index is 558. The molecule has 18 heavy (non-hydrogen) atoms. The number of hydrogen-bond acceptors (Lipinski definition) is 3. The first-order valence-electron chi connectivity index (χ1n) is 5.41. The normalized spacial score (nSPS) is 12.4. The van der Waals surface area contributed by atoms with E-state index in [1.807, 2.05) is 13.0 Å². The van der Waals surface area contributed by atoms with E-state index in [-0.39, 0.29) is 6.04 Å². The van der Waals surface area contributed by atoms with Crippen molar-refractivity contribution < 1.29 is 8.78 Å². The van der Waals surface area contributed by atoms with E-state index in [0.717, 1.165) is 23.4 Å². The Morgan fingerprint density at radius 1 is 1.28 bits per heavy atom. The topological polar surface area (TPSA) is 38.9 Å². The van der Waals surface area contributed by atoms with Gasteiger partial charge in [-0.3, -0.25) is 0 Å². The van der Waals surface area contributed by atoms with E-state index in [1.165, 1.54) is 12.1 Å². The molecule has 0 amide bonds. The Balaban J connectivity index is 2.34. The molecular formula is C13H12F2N2S. The smallest absolute Gasteiger partial charge is 0.140 e. The van der Waals surface area contributed by atoms with Crippen molar-refractivity contribution in [1.29, 1.82) is 0 Å². The Morgan fingerprint density at radius 2 is 2.06 bits per heavy atom. The highest BCUT2D eigenvalue weighted by atomic mass is 32.2. The highest BCUT2D eigenvalue weighted by Gasteiger charge is 2.12. The van der Waals surface area contributed by atoms with Crippen molar-refractivity contribution in [2.75, 3.05) is 0 Å². The maximum Gasteiger partial charge on any atom is 0.140 e. The van der Waals surface area contributed by atoms with Gasteiger partial charge < -0.3 is 5.73 Å². The van der Waals surface area contributed by atoms with Gasteiger partial charge in [-0.05, 0) is 25.1 Å². The Hall–Kier alpha value is -1.46. The molecule has 2 nitrogen and oxygen atoms in total. The minimum atomic E-state index is -0.596. The molecular weight excluding hydrogens is 254 g/mol. The zero-order chi connectivity index (χ0) is 13.1. The van der Waals surface area contributed by atoms with Gasteiger partial charge >= 0.3 is 0 Å². The molecule has 2 aromatic rings. The summed E-state index contributed by atoms with van der Waals surface area (Å²) in [5.74, 6) is -1.19. The zero-order valence-corrected chi connectivity index (χ0v) is 10.5. The fraction of sp³-hybridized carbons (Fsp3) is 0.154. The lowest BCUT2D eigenvalue weighted by Crippen LogP contribution is -2.07. The van der Waals surface area contributed by atoms with Gasteiger partial charge in [-0.15, -0.1) is 0 Å². The fourth-order valence-corrected chi connectivity index (χ4v) is 2.48. The van der Waals surface area contributed by atoms with Crippen LogP contribution in [0.5, 0.6) is 0 Å². The van der Waals surface area contributed by atoms with Crippen LogP contribution < -0.4 is 5.73 Å². The van der Waals surface area contributed by atoms with Gasteiger partial charge in [0, 0.05) is 28.8 Å². The number of nitrogens with zero attached hydrogens (tertiary/aromatic N) is 1. The fourth-order valence-electron chi connectivity index (χ4n) is 1.50. The van der Waals surface area contributed by atoms with E-state index in [1.54, 1.807) is 12.3 Å². The predicted octanol–water partition coefficient (Wildman–Crippen LogP) is 3.53. The molecule has 0 fully saturated rings. The average molecular weight is 266 g/mol. The molecule has 0 aliphatic heterocycles. The predicted molar refractivity (Wildman–Crippen MR) is 67.3 cm³/mol. The van der Waals surface area contributed by atoms with Gasteiger partial charge in [0.1, 0.15) is 16.7 Å². The highest BCUT2D eigenvalue weighted by Crippen LogP contribution is 2.32. The van der Waals surface area contributed by atoms with Crippen LogP contribution in [0.2, 0.25) is 0 Å². The Morgan fingerprint density at radius 3 is 2.72 bits per heavy atom. The minimum Gasteiger partial charge on any atom is -0.324 e. The standard InChI is InChI=1S/C13H12F2N2S/c1-8(16)10-3-2-6-17-13(10)18-12-5-4-9(14)7-11(12)15/h2-8H,16H2,1H3/t8-/m1/s1. The van der Waals surface area contributed by atoms with Crippen molar-refractivity contribution in [3.05, 3.63) is 53.7 Å². The van der Waals surface area contributed by atoms with E-state index in [0.29, 0.717) is 9.92 Å². The van der Waals surface area contributed by atoms with E-state index in [2.05, 4.69) is 4.98 Å². The second kappa shape index (κ2) is 5.46. The third-order valence-electron chi connectivity index (χ3n) is 2.39. The van der Waals surface area contributed by atoms with E-state index < -0.39 is 11.6 Å². The van der Waals surface area contributed by atoms with Crippen LogP contribution in [0.1, 0.15) is 18.5 Å². The van der Waals surface area contributed by atoms with Gasteiger partial charge in [0.15, 0.2) is 0 Å². The second-order valence-electron chi connectivity index (χ2n) is 3.86. The third kappa shape index (κ3) is 2.86. The van der Waals surface area contributed by atoms with Crippen LogP contribution in [-0.4, -0.2) is 4.98 Å². The van der Waals surface area contributed by atoms with Crippen molar-refractivity contribution in [2.45, 2.75) is 22.9 Å². The van der Waals surface area contributed by atoms with Gasteiger partial charge in [-0.2, -0.15) is 0 Å². The molecule has 0 unspecified atom stereocenters. The van der Waals surface area contributed by atoms with Crippen LogP contribution in [0.3, 0.4) is 0 Å². The molecule has 0 bridgehead atoms. The minimum absolute atomic E-state index is 0.190. The number of pyridine rings is 1.